The van der Waals surface area contributed by atoms with Crippen molar-refractivity contribution >= 4 is 5.91 Å². The molecule has 0 saturated heterocycles. The predicted octanol–water partition coefficient (Wildman–Crippen LogP) is 4.62. The number of carbonyl (C=O) groups excluding carboxylic acids is 1. The van der Waals surface area contributed by atoms with E-state index in [4.69, 9.17) is 5.84 Å². The van der Waals surface area contributed by atoms with E-state index in [0.717, 1.165) is 12.8 Å². The van der Waals surface area contributed by atoms with Crippen molar-refractivity contribution in [3.63, 3.8) is 0 Å². The molecule has 20 heavy (non-hydrogen) atoms. The molecule has 0 bridgehead atoms. The molecule has 0 aromatic rings. The van der Waals surface area contributed by atoms with Gasteiger partial charge in [-0.05, 0) is 32.1 Å². The van der Waals surface area contributed by atoms with Gasteiger partial charge in [0, 0.05) is 6.42 Å². The van der Waals surface area contributed by atoms with Crippen LogP contribution in [0.4, 0.5) is 0 Å². The Morgan fingerprint density at radius 3 is 1.90 bits per heavy atom. The number of amides is 1. The van der Waals surface area contributed by atoms with E-state index < -0.39 is 0 Å². The average molecular weight is 282 g/mol. The largest absolute Gasteiger partial charge is 0.294 e. The lowest BCUT2D eigenvalue weighted by molar-refractivity contribution is -0.121. The Morgan fingerprint density at radius 1 is 0.850 bits per heavy atom. The molecule has 118 valence electrons. The molecule has 0 radical (unpaired) electrons. The Kier molecular flexibility index (Phi) is 15.6. The van der Waals surface area contributed by atoms with Crippen molar-refractivity contribution in [2.24, 2.45) is 5.84 Å². The summed E-state index contributed by atoms with van der Waals surface area (Å²) in [5, 5.41) is 0. The van der Waals surface area contributed by atoms with Crippen molar-refractivity contribution in [2.75, 3.05) is 0 Å². The molecule has 0 aliphatic rings. The second-order valence-electron chi connectivity index (χ2n) is 5.55. The van der Waals surface area contributed by atoms with Crippen molar-refractivity contribution in [1.29, 1.82) is 0 Å². The van der Waals surface area contributed by atoms with Gasteiger partial charge in [0.25, 0.3) is 0 Å². The molecule has 0 fully saturated rings. The molecule has 0 unspecified atom stereocenters. The van der Waals surface area contributed by atoms with Crippen LogP contribution in [-0.4, -0.2) is 5.91 Å². The molecule has 0 heterocycles. The average Bonchev–Trinajstić information content (AvgIpc) is 2.47. The summed E-state index contributed by atoms with van der Waals surface area (Å²) in [6.45, 7) is 2.26. The van der Waals surface area contributed by atoms with Gasteiger partial charge in [-0.25, -0.2) is 5.84 Å². The molecule has 0 aromatic heterocycles. The molecule has 1 amide bonds. The number of unbranched alkanes of at least 4 members (excludes halogenated alkanes) is 10. The summed E-state index contributed by atoms with van der Waals surface area (Å²) in [4.78, 5) is 10.9. The van der Waals surface area contributed by atoms with Crippen LogP contribution in [0, 0.1) is 0 Å². The van der Waals surface area contributed by atoms with Gasteiger partial charge in [-0.1, -0.05) is 64.0 Å². The number of rotatable bonds is 14. The lowest BCUT2D eigenvalue weighted by Crippen LogP contribution is -2.29. The Balaban J connectivity index is 3.10. The summed E-state index contributed by atoms with van der Waals surface area (Å²) in [5.74, 6) is 4.97. The van der Waals surface area contributed by atoms with Gasteiger partial charge in [-0.15, -0.1) is 0 Å². The van der Waals surface area contributed by atoms with Crippen LogP contribution in [0.5, 0.6) is 0 Å². The lowest BCUT2D eigenvalue weighted by Gasteiger charge is -2.00. The van der Waals surface area contributed by atoms with Crippen LogP contribution < -0.4 is 11.3 Å². The molecule has 3 N–H and O–H groups in total. The van der Waals surface area contributed by atoms with Crippen LogP contribution in [-0.2, 0) is 4.79 Å². The molecule has 0 aromatic carbocycles. The number of carbonyl (C=O) groups is 1. The molecule has 0 aliphatic heterocycles. The number of hydrazine groups is 1. The van der Waals surface area contributed by atoms with Crippen LogP contribution in [0.15, 0.2) is 12.2 Å². The smallest absolute Gasteiger partial charge is 0.233 e. The van der Waals surface area contributed by atoms with Gasteiger partial charge in [0.15, 0.2) is 0 Å². The molecule has 0 rings (SSSR count). The first kappa shape index (κ1) is 19.2. The van der Waals surface area contributed by atoms with Gasteiger partial charge in [0.05, 0.1) is 0 Å². The summed E-state index contributed by atoms with van der Waals surface area (Å²) in [5.41, 5.74) is 2.16. The van der Waals surface area contributed by atoms with E-state index in [1.165, 1.54) is 64.2 Å². The standard InChI is InChI=1S/C17H34N2O/c1-2-3-4-5-6-7-8-9-10-11-12-13-14-15-16-17(20)19-18/h9-10H,2-8,11-16,18H2,1H3,(H,19,20)/b10-9-. The maximum atomic E-state index is 10.9. The molecule has 3 heteroatoms. The van der Waals surface area contributed by atoms with Crippen molar-refractivity contribution in [1.82, 2.24) is 5.43 Å². The second-order valence-corrected chi connectivity index (χ2v) is 5.55. The zero-order chi connectivity index (χ0) is 14.9. The fourth-order valence-electron chi connectivity index (χ4n) is 2.25. The SMILES string of the molecule is CCCCCCCC/C=C\CCCCCCC(=O)NN. The van der Waals surface area contributed by atoms with E-state index in [-0.39, 0.29) is 5.91 Å². The number of nitrogens with one attached hydrogen (secondary N) is 1. The third-order valence-corrected chi connectivity index (χ3v) is 3.58. The van der Waals surface area contributed by atoms with Gasteiger partial charge >= 0.3 is 0 Å². The highest BCUT2D eigenvalue weighted by atomic mass is 16.2. The maximum Gasteiger partial charge on any atom is 0.233 e. The van der Waals surface area contributed by atoms with Crippen LogP contribution in [0.3, 0.4) is 0 Å². The highest BCUT2D eigenvalue weighted by Crippen LogP contribution is 2.09. The van der Waals surface area contributed by atoms with E-state index in [1.807, 2.05) is 0 Å². The highest BCUT2D eigenvalue weighted by molar-refractivity contribution is 5.74. The van der Waals surface area contributed by atoms with Crippen molar-refractivity contribution in [2.45, 2.75) is 90.4 Å². The minimum Gasteiger partial charge on any atom is -0.294 e. The van der Waals surface area contributed by atoms with Gasteiger partial charge < -0.3 is 0 Å². The minimum atomic E-state index is -0.0520. The molecule has 0 aliphatic carbocycles. The summed E-state index contributed by atoms with van der Waals surface area (Å²) < 4.78 is 0. The summed E-state index contributed by atoms with van der Waals surface area (Å²) in [7, 11) is 0. The Bertz CT molecular complexity index is 239. The van der Waals surface area contributed by atoms with E-state index in [1.54, 1.807) is 0 Å². The lowest BCUT2D eigenvalue weighted by atomic mass is 10.1. The molecular weight excluding hydrogens is 248 g/mol. The number of hydrogen-bond acceptors (Lipinski definition) is 2. The normalized spacial score (nSPS) is 11.1. The molecular formula is C17H34N2O. The van der Waals surface area contributed by atoms with Crippen LogP contribution in [0.2, 0.25) is 0 Å². The van der Waals surface area contributed by atoms with Gasteiger partial charge in [-0.2, -0.15) is 0 Å². The third kappa shape index (κ3) is 15.2. The van der Waals surface area contributed by atoms with Gasteiger partial charge in [0.1, 0.15) is 0 Å². The Hall–Kier alpha value is -0.830. The van der Waals surface area contributed by atoms with E-state index in [0.29, 0.717) is 6.42 Å². The van der Waals surface area contributed by atoms with Crippen LogP contribution >= 0.6 is 0 Å². The van der Waals surface area contributed by atoms with Crippen molar-refractivity contribution < 1.29 is 4.79 Å². The second kappa shape index (κ2) is 16.2. The fourth-order valence-corrected chi connectivity index (χ4v) is 2.25. The minimum absolute atomic E-state index is 0.0520. The maximum absolute atomic E-state index is 10.9. The van der Waals surface area contributed by atoms with Crippen LogP contribution in [0.1, 0.15) is 90.4 Å². The summed E-state index contributed by atoms with van der Waals surface area (Å²) in [6, 6.07) is 0. The first-order chi connectivity index (χ1) is 9.81. The number of hydrogen-bond donors (Lipinski definition) is 2. The summed E-state index contributed by atoms with van der Waals surface area (Å²) >= 11 is 0. The van der Waals surface area contributed by atoms with E-state index in [2.05, 4.69) is 24.5 Å². The quantitative estimate of drug-likeness (QED) is 0.160. The first-order valence-corrected chi connectivity index (χ1v) is 8.45. The molecule has 0 spiro atoms. The number of allylic oxidation sites excluding steroid dienone is 2. The highest BCUT2D eigenvalue weighted by Gasteiger charge is 1.96. The molecule has 0 saturated carbocycles. The van der Waals surface area contributed by atoms with Crippen LogP contribution in [0.25, 0.3) is 0 Å². The molecule has 0 atom stereocenters. The number of nitrogens with two attached hydrogens (primary N) is 1. The fraction of sp³-hybridized carbons (Fsp3) is 0.824. The monoisotopic (exact) mass is 282 g/mol. The van der Waals surface area contributed by atoms with E-state index >= 15 is 0 Å². The van der Waals surface area contributed by atoms with E-state index in [9.17, 15) is 4.79 Å². The van der Waals surface area contributed by atoms with Gasteiger partial charge in [-0.3, -0.25) is 10.2 Å². The summed E-state index contributed by atoms with van der Waals surface area (Å²) in [6.07, 6.45) is 20.4. The Labute approximate surface area is 125 Å². The molecule has 3 nitrogen and oxygen atoms in total. The third-order valence-electron chi connectivity index (χ3n) is 3.58. The van der Waals surface area contributed by atoms with Crippen molar-refractivity contribution in [3.8, 4) is 0 Å². The van der Waals surface area contributed by atoms with Crippen molar-refractivity contribution in [3.05, 3.63) is 12.2 Å². The zero-order valence-electron chi connectivity index (χ0n) is 13.3. The zero-order valence-corrected chi connectivity index (χ0v) is 13.3. The Morgan fingerprint density at radius 2 is 1.35 bits per heavy atom. The van der Waals surface area contributed by atoms with Gasteiger partial charge in [0.2, 0.25) is 5.91 Å². The topological polar surface area (TPSA) is 55.1 Å². The predicted molar refractivity (Wildman–Crippen MR) is 87.2 cm³/mol. The first-order valence-electron chi connectivity index (χ1n) is 8.45.